The highest BCUT2D eigenvalue weighted by Crippen LogP contribution is 2.02. The Morgan fingerprint density at radius 1 is 1.32 bits per heavy atom. The van der Waals surface area contributed by atoms with E-state index in [1.807, 2.05) is 30.3 Å². The van der Waals surface area contributed by atoms with Crippen LogP contribution in [0.2, 0.25) is 0 Å². The highest BCUT2D eigenvalue weighted by Gasteiger charge is 2.15. The van der Waals surface area contributed by atoms with E-state index in [4.69, 9.17) is 15.2 Å². The highest BCUT2D eigenvalue weighted by molar-refractivity contribution is 5.77. The van der Waals surface area contributed by atoms with Gasteiger partial charge in [0, 0.05) is 0 Å². The van der Waals surface area contributed by atoms with Crippen molar-refractivity contribution in [2.75, 3.05) is 13.3 Å². The molecule has 0 saturated carbocycles. The lowest BCUT2D eigenvalue weighted by Crippen LogP contribution is -2.35. The first kappa shape index (κ1) is 15.1. The van der Waals surface area contributed by atoms with Gasteiger partial charge in [0.25, 0.3) is 0 Å². The number of nitrogens with two attached hydrogens (primary N) is 1. The van der Waals surface area contributed by atoms with Gasteiger partial charge in [-0.25, -0.2) is 4.79 Å². The van der Waals surface area contributed by atoms with Crippen LogP contribution in [0.3, 0.4) is 0 Å². The lowest BCUT2D eigenvalue weighted by molar-refractivity contribution is -0.158. The Kier molecular flexibility index (Phi) is 6.56. The molecular formula is C13H18N2O4. The number of carbonyl (C=O) groups is 2. The Labute approximate surface area is 111 Å². The number of hydrogen-bond donors (Lipinski definition) is 2. The summed E-state index contributed by atoms with van der Waals surface area (Å²) in [5.74, 6) is -0.823. The minimum atomic E-state index is -0.748. The molecule has 0 aliphatic rings. The molecule has 0 radical (unpaired) electrons. The van der Waals surface area contributed by atoms with Gasteiger partial charge in [0.2, 0.25) is 5.91 Å². The molecule has 1 aromatic carbocycles. The molecule has 0 aliphatic carbocycles. The van der Waals surface area contributed by atoms with Gasteiger partial charge in [0.1, 0.15) is 13.3 Å². The maximum atomic E-state index is 11.6. The predicted octanol–water partition coefficient (Wildman–Crippen LogP) is 0.167. The molecule has 104 valence electrons. The van der Waals surface area contributed by atoms with Gasteiger partial charge < -0.3 is 20.5 Å². The summed E-state index contributed by atoms with van der Waals surface area (Å²) in [6.45, 7) is 1.57. The summed E-state index contributed by atoms with van der Waals surface area (Å²) in [6, 6.07) is 9.34. The fourth-order valence-electron chi connectivity index (χ4n) is 1.23. The molecule has 0 fully saturated rings. The zero-order chi connectivity index (χ0) is 14.1. The van der Waals surface area contributed by atoms with Crippen LogP contribution in [0.1, 0.15) is 12.5 Å². The fraction of sp³-hybridized carbons (Fsp3) is 0.385. The zero-order valence-corrected chi connectivity index (χ0v) is 10.8. The molecule has 0 heterocycles. The normalized spacial score (nSPS) is 11.7. The molecule has 1 unspecified atom stereocenters. The largest absolute Gasteiger partial charge is 0.459 e. The van der Waals surface area contributed by atoms with Gasteiger partial charge in [-0.3, -0.25) is 4.79 Å². The average molecular weight is 266 g/mol. The van der Waals surface area contributed by atoms with Gasteiger partial charge in [0.15, 0.2) is 6.10 Å². The number of ether oxygens (including phenoxy) is 2. The molecule has 19 heavy (non-hydrogen) atoms. The van der Waals surface area contributed by atoms with E-state index >= 15 is 0 Å². The van der Waals surface area contributed by atoms with Gasteiger partial charge in [0.05, 0.1) is 6.54 Å². The summed E-state index contributed by atoms with van der Waals surface area (Å²) in [4.78, 5) is 22.4. The van der Waals surface area contributed by atoms with Gasteiger partial charge in [-0.15, -0.1) is 0 Å². The van der Waals surface area contributed by atoms with Crippen molar-refractivity contribution in [2.45, 2.75) is 19.6 Å². The van der Waals surface area contributed by atoms with Gasteiger partial charge in [-0.1, -0.05) is 30.3 Å². The van der Waals surface area contributed by atoms with Crippen molar-refractivity contribution in [2.24, 2.45) is 5.73 Å². The first-order valence-corrected chi connectivity index (χ1v) is 5.92. The highest BCUT2D eigenvalue weighted by atomic mass is 16.6. The van der Waals surface area contributed by atoms with Crippen LogP contribution in [0, 0.1) is 0 Å². The van der Waals surface area contributed by atoms with Crippen LogP contribution in [0.15, 0.2) is 30.3 Å². The van der Waals surface area contributed by atoms with E-state index in [-0.39, 0.29) is 25.8 Å². The van der Waals surface area contributed by atoms with Crippen LogP contribution in [0.5, 0.6) is 0 Å². The van der Waals surface area contributed by atoms with E-state index in [9.17, 15) is 9.59 Å². The van der Waals surface area contributed by atoms with Gasteiger partial charge in [-0.2, -0.15) is 0 Å². The average Bonchev–Trinajstić information content (AvgIpc) is 2.45. The Bertz CT molecular complexity index is 408. The molecule has 0 spiro atoms. The third-order valence-corrected chi connectivity index (χ3v) is 2.34. The molecule has 1 atom stereocenters. The van der Waals surface area contributed by atoms with E-state index in [0.717, 1.165) is 5.56 Å². The second kappa shape index (κ2) is 8.23. The van der Waals surface area contributed by atoms with Crippen LogP contribution in [0.25, 0.3) is 0 Å². The summed E-state index contributed by atoms with van der Waals surface area (Å²) in [7, 11) is 0. The van der Waals surface area contributed by atoms with Gasteiger partial charge in [-0.05, 0) is 12.5 Å². The molecule has 0 aliphatic heterocycles. The van der Waals surface area contributed by atoms with Crippen LogP contribution in [-0.4, -0.2) is 31.3 Å². The number of nitrogens with one attached hydrogen (secondary N) is 1. The van der Waals surface area contributed by atoms with Crippen molar-refractivity contribution >= 4 is 11.9 Å². The standard InChI is InChI=1S/C13H18N2O4/c1-10(19-9-15-12(16)7-14)13(17)18-8-11-5-3-2-4-6-11/h2-6,10H,7-9,14H2,1H3,(H,15,16). The lowest BCUT2D eigenvalue weighted by atomic mass is 10.2. The second-order valence-corrected chi connectivity index (χ2v) is 3.85. The Morgan fingerprint density at radius 3 is 2.63 bits per heavy atom. The minimum absolute atomic E-state index is 0.0718. The third-order valence-electron chi connectivity index (χ3n) is 2.34. The molecular weight excluding hydrogens is 248 g/mol. The Balaban J connectivity index is 2.23. The molecule has 3 N–H and O–H groups in total. The van der Waals surface area contributed by atoms with Crippen molar-refractivity contribution in [1.29, 1.82) is 0 Å². The molecule has 1 amide bonds. The van der Waals surface area contributed by atoms with Crippen molar-refractivity contribution in [3.8, 4) is 0 Å². The zero-order valence-electron chi connectivity index (χ0n) is 10.8. The number of carbonyl (C=O) groups excluding carboxylic acids is 2. The van der Waals surface area contributed by atoms with E-state index in [0.29, 0.717) is 0 Å². The Hall–Kier alpha value is -1.92. The van der Waals surface area contributed by atoms with Crippen molar-refractivity contribution in [3.05, 3.63) is 35.9 Å². The molecule has 0 bridgehead atoms. The van der Waals surface area contributed by atoms with Crippen molar-refractivity contribution in [3.63, 3.8) is 0 Å². The number of hydrogen-bond acceptors (Lipinski definition) is 5. The Morgan fingerprint density at radius 2 is 2.00 bits per heavy atom. The van der Waals surface area contributed by atoms with Crippen LogP contribution in [-0.2, 0) is 25.7 Å². The summed E-state index contributed by atoms with van der Waals surface area (Å²) in [6.07, 6.45) is -0.748. The number of amides is 1. The molecule has 0 aromatic heterocycles. The number of esters is 1. The van der Waals surface area contributed by atoms with Gasteiger partial charge >= 0.3 is 5.97 Å². The maximum absolute atomic E-state index is 11.6. The smallest absolute Gasteiger partial charge is 0.335 e. The molecule has 1 rings (SSSR count). The number of rotatable bonds is 7. The topological polar surface area (TPSA) is 90.6 Å². The van der Waals surface area contributed by atoms with E-state index < -0.39 is 12.1 Å². The van der Waals surface area contributed by atoms with E-state index in [1.54, 1.807) is 6.92 Å². The molecule has 1 aromatic rings. The molecule has 6 heteroatoms. The van der Waals surface area contributed by atoms with Crippen LogP contribution in [0.4, 0.5) is 0 Å². The van der Waals surface area contributed by atoms with Crippen LogP contribution >= 0.6 is 0 Å². The second-order valence-electron chi connectivity index (χ2n) is 3.85. The fourth-order valence-corrected chi connectivity index (χ4v) is 1.23. The summed E-state index contributed by atoms with van der Waals surface area (Å²) < 4.78 is 10.2. The first-order valence-electron chi connectivity index (χ1n) is 5.92. The molecule has 6 nitrogen and oxygen atoms in total. The third kappa shape index (κ3) is 5.98. The van der Waals surface area contributed by atoms with Crippen molar-refractivity contribution < 1.29 is 19.1 Å². The lowest BCUT2D eigenvalue weighted by Gasteiger charge is -2.13. The SMILES string of the molecule is CC(OCNC(=O)CN)C(=O)OCc1ccccc1. The first-order chi connectivity index (χ1) is 9.13. The van der Waals surface area contributed by atoms with Crippen LogP contribution < -0.4 is 11.1 Å². The quantitative estimate of drug-likeness (QED) is 0.542. The summed E-state index contributed by atoms with van der Waals surface area (Å²) >= 11 is 0. The summed E-state index contributed by atoms with van der Waals surface area (Å²) in [5, 5.41) is 2.40. The molecule has 0 saturated heterocycles. The number of benzene rings is 1. The van der Waals surface area contributed by atoms with E-state index in [2.05, 4.69) is 5.32 Å². The van der Waals surface area contributed by atoms with Crippen molar-refractivity contribution in [1.82, 2.24) is 5.32 Å². The minimum Gasteiger partial charge on any atom is -0.459 e. The maximum Gasteiger partial charge on any atom is 0.335 e. The predicted molar refractivity (Wildman–Crippen MR) is 68.8 cm³/mol. The monoisotopic (exact) mass is 266 g/mol. The van der Waals surface area contributed by atoms with E-state index in [1.165, 1.54) is 0 Å². The summed E-state index contributed by atoms with van der Waals surface area (Å²) in [5.41, 5.74) is 6.00.